The second-order valence-electron chi connectivity index (χ2n) is 7.01. The normalized spacial score (nSPS) is 12.7. The van der Waals surface area contributed by atoms with E-state index in [0.717, 1.165) is 5.69 Å². The summed E-state index contributed by atoms with van der Waals surface area (Å²) in [5.74, 6) is 0.700. The highest BCUT2D eigenvalue weighted by Gasteiger charge is 2.20. The molecule has 0 saturated carbocycles. The van der Waals surface area contributed by atoms with Crippen molar-refractivity contribution in [1.82, 2.24) is 14.5 Å². The van der Waals surface area contributed by atoms with Gasteiger partial charge in [0.15, 0.2) is 17.3 Å². The molecule has 154 valence electrons. The van der Waals surface area contributed by atoms with E-state index in [1.807, 2.05) is 18.2 Å². The van der Waals surface area contributed by atoms with Crippen molar-refractivity contribution in [2.75, 3.05) is 13.2 Å². The van der Waals surface area contributed by atoms with Gasteiger partial charge < -0.3 is 14.0 Å². The molecule has 31 heavy (non-hydrogen) atoms. The maximum absolute atomic E-state index is 13.3. The van der Waals surface area contributed by atoms with E-state index in [0.29, 0.717) is 52.5 Å². The molecule has 0 N–H and O–H groups in total. The van der Waals surface area contributed by atoms with E-state index >= 15 is 0 Å². The molecule has 4 aromatic rings. The predicted octanol–water partition coefficient (Wildman–Crippen LogP) is 3.60. The van der Waals surface area contributed by atoms with Crippen LogP contribution < -0.4 is 14.9 Å². The molecule has 0 fully saturated rings. The molecule has 0 radical (unpaired) electrons. The smallest absolute Gasteiger partial charge is 0.202 e. The van der Waals surface area contributed by atoms with Gasteiger partial charge in [-0.05, 0) is 58.4 Å². The van der Waals surface area contributed by atoms with Gasteiger partial charge in [0.2, 0.25) is 5.43 Å². The van der Waals surface area contributed by atoms with Gasteiger partial charge in [0.25, 0.3) is 0 Å². The highest BCUT2D eigenvalue weighted by Crippen LogP contribution is 2.31. The zero-order valence-corrected chi connectivity index (χ0v) is 17.8. The number of nitrogens with zero attached hydrogens (tertiary/aromatic N) is 3. The van der Waals surface area contributed by atoms with Gasteiger partial charge in [0, 0.05) is 18.0 Å². The molecule has 0 spiro atoms. The molecule has 1 aliphatic rings. The Bertz CT molecular complexity index is 1380. The summed E-state index contributed by atoms with van der Waals surface area (Å²) in [6.45, 7) is 1.24. The summed E-state index contributed by atoms with van der Waals surface area (Å²) in [6, 6.07) is 13.9. The molecule has 8 heteroatoms. The summed E-state index contributed by atoms with van der Waals surface area (Å²) in [4.78, 5) is 35.3. The fourth-order valence-corrected chi connectivity index (χ4v) is 3.94. The number of carbonyl (C=O) groups is 1. The van der Waals surface area contributed by atoms with Gasteiger partial charge in [-0.2, -0.15) is 0 Å². The number of fused-ring (bicyclic) bond motifs is 2. The fraction of sp³-hybridized carbons (Fsp3) is 0.130. The summed E-state index contributed by atoms with van der Waals surface area (Å²) < 4.78 is 13.6. The van der Waals surface area contributed by atoms with Crippen LogP contribution in [0.2, 0.25) is 0 Å². The summed E-state index contributed by atoms with van der Waals surface area (Å²) in [7, 11) is 0. The molecule has 7 nitrogen and oxygen atoms in total. The van der Waals surface area contributed by atoms with Crippen molar-refractivity contribution < 1.29 is 14.3 Å². The van der Waals surface area contributed by atoms with Crippen molar-refractivity contribution in [3.05, 3.63) is 92.6 Å². The minimum Gasteiger partial charge on any atom is -0.486 e. The number of ketones is 1. The fourth-order valence-electron chi connectivity index (χ4n) is 3.56. The largest absolute Gasteiger partial charge is 0.486 e. The Morgan fingerprint density at radius 1 is 1.06 bits per heavy atom. The van der Waals surface area contributed by atoms with Gasteiger partial charge in [-0.1, -0.05) is 6.07 Å². The Morgan fingerprint density at radius 3 is 2.74 bits per heavy atom. The first-order chi connectivity index (χ1) is 15.1. The van der Waals surface area contributed by atoms with Gasteiger partial charge in [-0.15, -0.1) is 0 Å². The number of carbonyl (C=O) groups excluding carboxylic acids is 1. The molecule has 1 aromatic carbocycles. The van der Waals surface area contributed by atoms with Gasteiger partial charge in [-0.25, -0.2) is 9.97 Å². The minimum atomic E-state index is -0.385. The number of aromatic nitrogens is 3. The maximum atomic E-state index is 13.3. The number of benzene rings is 1. The number of hydrogen-bond donors (Lipinski definition) is 0. The molecule has 0 amide bonds. The first kappa shape index (κ1) is 19.4. The van der Waals surface area contributed by atoms with Crippen LogP contribution in [0.5, 0.6) is 11.5 Å². The average molecular weight is 478 g/mol. The molecule has 0 saturated heterocycles. The molecule has 1 aliphatic heterocycles. The van der Waals surface area contributed by atoms with Crippen LogP contribution in [0.4, 0.5) is 0 Å². The zero-order valence-electron chi connectivity index (χ0n) is 16.2. The molecule has 0 aliphatic carbocycles. The highest BCUT2D eigenvalue weighted by atomic mass is 79.9. The third-order valence-electron chi connectivity index (χ3n) is 4.99. The second-order valence-corrected chi connectivity index (χ2v) is 7.83. The van der Waals surface area contributed by atoms with Crippen molar-refractivity contribution in [2.24, 2.45) is 0 Å². The Morgan fingerprint density at radius 2 is 1.90 bits per heavy atom. The van der Waals surface area contributed by atoms with E-state index in [1.54, 1.807) is 47.3 Å². The number of halogens is 1. The zero-order chi connectivity index (χ0) is 21.4. The van der Waals surface area contributed by atoms with Crippen LogP contribution in [0.3, 0.4) is 0 Å². The summed E-state index contributed by atoms with van der Waals surface area (Å²) in [5.41, 5.74) is 1.32. The van der Waals surface area contributed by atoms with E-state index in [2.05, 4.69) is 25.9 Å². The van der Waals surface area contributed by atoms with E-state index in [1.165, 1.54) is 0 Å². The lowest BCUT2D eigenvalue weighted by Gasteiger charge is -2.18. The SMILES string of the molecule is O=C(c1ccc2c(c1)OCCO2)c1cn(Cc2cccc(Br)n2)c2ncccc2c1=O. The molecule has 5 rings (SSSR count). The monoisotopic (exact) mass is 477 g/mol. The van der Waals surface area contributed by atoms with Crippen LogP contribution in [0.25, 0.3) is 11.0 Å². The van der Waals surface area contributed by atoms with Crippen LogP contribution >= 0.6 is 15.9 Å². The number of pyridine rings is 3. The molecular weight excluding hydrogens is 462 g/mol. The average Bonchev–Trinajstić information content (AvgIpc) is 2.80. The van der Waals surface area contributed by atoms with Crippen LogP contribution in [0.15, 0.2) is 70.3 Å². The van der Waals surface area contributed by atoms with Crippen molar-refractivity contribution >= 4 is 32.7 Å². The van der Waals surface area contributed by atoms with E-state index in [4.69, 9.17) is 9.47 Å². The van der Waals surface area contributed by atoms with Crippen molar-refractivity contribution in [3.63, 3.8) is 0 Å². The quantitative estimate of drug-likeness (QED) is 0.329. The Kier molecular flexibility index (Phi) is 4.99. The molecule has 4 heterocycles. The summed E-state index contributed by atoms with van der Waals surface area (Å²) >= 11 is 3.37. The predicted molar refractivity (Wildman–Crippen MR) is 118 cm³/mol. The van der Waals surface area contributed by atoms with Crippen LogP contribution in [0.1, 0.15) is 21.6 Å². The lowest BCUT2D eigenvalue weighted by molar-refractivity contribution is 0.103. The number of rotatable bonds is 4. The third-order valence-corrected chi connectivity index (χ3v) is 5.43. The minimum absolute atomic E-state index is 0.0622. The van der Waals surface area contributed by atoms with E-state index in [-0.39, 0.29) is 16.8 Å². The molecular formula is C23H16BrN3O4. The molecule has 0 unspecified atom stereocenters. The molecule has 0 bridgehead atoms. The van der Waals surface area contributed by atoms with Crippen LogP contribution in [0, 0.1) is 0 Å². The highest BCUT2D eigenvalue weighted by molar-refractivity contribution is 9.10. The summed E-state index contributed by atoms with van der Waals surface area (Å²) in [6.07, 6.45) is 3.17. The number of ether oxygens (including phenoxy) is 2. The molecule has 0 atom stereocenters. The lowest BCUT2D eigenvalue weighted by Crippen LogP contribution is -2.21. The van der Waals surface area contributed by atoms with Crippen molar-refractivity contribution in [3.8, 4) is 11.5 Å². The molecule has 3 aromatic heterocycles. The Labute approximate surface area is 185 Å². The van der Waals surface area contributed by atoms with Gasteiger partial charge >= 0.3 is 0 Å². The first-order valence-corrected chi connectivity index (χ1v) is 10.4. The summed E-state index contributed by atoms with van der Waals surface area (Å²) in [5, 5.41) is 0.376. The maximum Gasteiger partial charge on any atom is 0.202 e. The number of hydrogen-bond acceptors (Lipinski definition) is 6. The first-order valence-electron chi connectivity index (χ1n) is 9.64. The third kappa shape index (κ3) is 3.70. The second kappa shape index (κ2) is 7.96. The lowest BCUT2D eigenvalue weighted by atomic mass is 10.0. The van der Waals surface area contributed by atoms with Crippen molar-refractivity contribution in [2.45, 2.75) is 6.54 Å². The Hall–Kier alpha value is -3.52. The standard InChI is InChI=1S/C23H16BrN3O4/c24-20-5-1-3-15(26-20)12-27-13-17(22(29)16-4-2-8-25-23(16)27)21(28)14-6-7-18-19(11-14)31-10-9-30-18/h1-8,11,13H,9-10,12H2. The van der Waals surface area contributed by atoms with Gasteiger partial charge in [-0.3, -0.25) is 9.59 Å². The topological polar surface area (TPSA) is 83.3 Å². The van der Waals surface area contributed by atoms with Crippen LogP contribution in [-0.2, 0) is 6.54 Å². The van der Waals surface area contributed by atoms with Crippen molar-refractivity contribution in [1.29, 1.82) is 0 Å². The van der Waals surface area contributed by atoms with Crippen LogP contribution in [-0.4, -0.2) is 33.5 Å². The van der Waals surface area contributed by atoms with Gasteiger partial charge in [0.1, 0.15) is 23.5 Å². The van der Waals surface area contributed by atoms with Gasteiger partial charge in [0.05, 0.1) is 23.2 Å². The van der Waals surface area contributed by atoms with E-state index in [9.17, 15) is 9.59 Å². The van der Waals surface area contributed by atoms with E-state index < -0.39 is 0 Å². The Balaban J connectivity index is 1.62.